The number of rotatable bonds is 8. The van der Waals surface area contributed by atoms with Gasteiger partial charge in [-0.25, -0.2) is 0 Å². The average molecular weight is 1240 g/mol. The van der Waals surface area contributed by atoms with Gasteiger partial charge in [0.15, 0.2) is 0 Å². The molecule has 0 saturated heterocycles. The molecule has 0 aromatic heterocycles. The summed E-state index contributed by atoms with van der Waals surface area (Å²) in [5.74, 6) is 4.78. The van der Waals surface area contributed by atoms with E-state index in [-0.39, 0.29) is 75.6 Å². The molecule has 4 aromatic rings. The minimum absolute atomic E-state index is 0. The van der Waals surface area contributed by atoms with Gasteiger partial charge in [-0.3, -0.25) is 0 Å². The van der Waals surface area contributed by atoms with E-state index in [0.29, 0.717) is 46.8 Å². The van der Waals surface area contributed by atoms with Gasteiger partial charge in [0.05, 0.1) is 0 Å². The Hall–Kier alpha value is -3.88. The van der Waals surface area contributed by atoms with Crippen molar-refractivity contribution in [1.82, 2.24) is 0 Å². The van der Waals surface area contributed by atoms with Gasteiger partial charge in [0.25, 0.3) is 0 Å². The second-order valence-electron chi connectivity index (χ2n) is 29.9. The molecule has 2 saturated carbocycles. The summed E-state index contributed by atoms with van der Waals surface area (Å²) < 4.78 is 0. The standard InChI is InChI=1S/C36H48.C36H40.2C4H10N.CH4.2CH3.Zr/c2*1-34(2,3)26-17-19-28-29-20-18-27(35(4,5)6)23-31(29)33(30(28)22-26)36(25-14-8-9-15-25)21-11-13-24-12-7-10-16-32(24)36;2*1-3-5-4-2;;;;/h7,10,12,16-20,22-23,25,28-31,33H,8-9,11,13-15,21H2,1-6H3;7-10,12,14-20,22-23,25,33H,11,13,21H2,1-6H3;2*3-4H2,1-2H3;1H4;2*1H3;/q;;2*-1;;2*-1;+4. The summed E-state index contributed by atoms with van der Waals surface area (Å²) in [6, 6.07) is 33.8. The SMILES string of the molecule is C.CC(C)(C)C1=CC2C(C=C1)C1C=CC(C(C)(C)C)=CC1C2C1(C2CCCC2)CCCc2ccccc21.CC(C)(C)c1ccc2c(c1)C(C1(C3C=CC=C3)CCCc3ccccc31)c1cc(C(C)(C)C)ccc1-2.CC[N-]CC.CC[N-]CC.[CH3-].[CH3-].[Zr+4]. The van der Waals surface area contributed by atoms with Crippen molar-refractivity contribution >= 4 is 0 Å². The second-order valence-corrected chi connectivity index (χ2v) is 29.9. The van der Waals surface area contributed by atoms with E-state index in [1.165, 1.54) is 97.6 Å². The zero-order chi connectivity index (χ0) is 58.8. The fourth-order valence-corrected chi connectivity index (χ4v) is 16.9. The van der Waals surface area contributed by atoms with Crippen molar-refractivity contribution in [2.45, 2.75) is 210 Å². The minimum atomic E-state index is 0. The molecule has 0 aliphatic heterocycles. The number of aryl methyl sites for hydroxylation is 2. The number of nitrogens with zero attached hydrogens (tertiary/aromatic N) is 2. The zero-order valence-electron chi connectivity index (χ0n) is 56.8. The normalized spacial score (nSPS) is 25.1. The first-order chi connectivity index (χ1) is 39.0. The van der Waals surface area contributed by atoms with Crippen LogP contribution in [0.25, 0.3) is 21.8 Å². The number of benzene rings is 4. The molecule has 3 heteroatoms. The summed E-state index contributed by atoms with van der Waals surface area (Å²) in [5.41, 5.74) is 19.4. The van der Waals surface area contributed by atoms with Gasteiger partial charge in [-0.15, -0.1) is 0 Å². The minimum Gasteiger partial charge on any atom is -0.663 e. The van der Waals surface area contributed by atoms with E-state index in [1.807, 2.05) is 27.7 Å². The van der Waals surface area contributed by atoms with Crippen molar-refractivity contribution in [2.75, 3.05) is 26.2 Å². The Kier molecular flexibility index (Phi) is 25.3. The molecule has 4 aromatic carbocycles. The Morgan fingerprint density at radius 1 is 0.465 bits per heavy atom. The van der Waals surface area contributed by atoms with E-state index in [2.05, 4.69) is 239 Å². The first kappa shape index (κ1) is 72.9. The van der Waals surface area contributed by atoms with Crippen molar-refractivity contribution in [3.05, 3.63) is 227 Å². The molecule has 86 heavy (non-hydrogen) atoms. The fourth-order valence-electron chi connectivity index (χ4n) is 16.9. The zero-order valence-corrected chi connectivity index (χ0v) is 59.2. The molecule has 0 spiro atoms. The van der Waals surface area contributed by atoms with Crippen LogP contribution in [-0.2, 0) is 60.7 Å². The smallest absolute Gasteiger partial charge is 0.663 e. The Bertz CT molecular complexity index is 2890. The van der Waals surface area contributed by atoms with Gasteiger partial charge in [0.1, 0.15) is 0 Å². The van der Waals surface area contributed by atoms with Crippen LogP contribution in [0.3, 0.4) is 0 Å². The molecular formula is C83H118N2Zr. The van der Waals surface area contributed by atoms with Gasteiger partial charge in [-0.05, 0) is 175 Å². The largest absolute Gasteiger partial charge is 4.00 e. The molecule has 0 radical (unpaired) electrons. The molecule has 2 fully saturated rings. The topological polar surface area (TPSA) is 28.2 Å². The predicted molar refractivity (Wildman–Crippen MR) is 376 cm³/mol. The van der Waals surface area contributed by atoms with Gasteiger partial charge < -0.3 is 25.5 Å². The molecule has 464 valence electrons. The molecule has 8 aliphatic carbocycles. The van der Waals surface area contributed by atoms with Crippen LogP contribution < -0.4 is 0 Å². The molecule has 0 amide bonds. The first-order valence-electron chi connectivity index (χ1n) is 32.9. The van der Waals surface area contributed by atoms with Crippen LogP contribution in [0.2, 0.25) is 0 Å². The maximum Gasteiger partial charge on any atom is 4.00 e. The van der Waals surface area contributed by atoms with Crippen LogP contribution in [0.15, 0.2) is 157 Å². The van der Waals surface area contributed by atoms with Crippen LogP contribution in [0.1, 0.15) is 220 Å². The summed E-state index contributed by atoms with van der Waals surface area (Å²) in [7, 11) is 0. The third kappa shape index (κ3) is 14.5. The Morgan fingerprint density at radius 2 is 0.860 bits per heavy atom. The summed E-state index contributed by atoms with van der Waals surface area (Å²) >= 11 is 0. The van der Waals surface area contributed by atoms with Crippen LogP contribution >= 0.6 is 0 Å². The van der Waals surface area contributed by atoms with Crippen molar-refractivity contribution in [3.63, 3.8) is 0 Å². The Balaban J connectivity index is 0.000000261. The Morgan fingerprint density at radius 3 is 1.24 bits per heavy atom. The molecule has 0 N–H and O–H groups in total. The maximum atomic E-state index is 3.97. The predicted octanol–water partition coefficient (Wildman–Crippen LogP) is 23.4. The van der Waals surface area contributed by atoms with E-state index in [4.69, 9.17) is 0 Å². The summed E-state index contributed by atoms with van der Waals surface area (Å²) in [4.78, 5) is 0. The van der Waals surface area contributed by atoms with Gasteiger partial charge in [-0.2, -0.15) is 26.2 Å². The number of allylic oxidation sites excluding steroid dienone is 12. The Labute approximate surface area is 548 Å². The average Bonchev–Trinajstić information content (AvgIpc) is 1.49. The van der Waals surface area contributed by atoms with Crippen LogP contribution in [0.5, 0.6) is 0 Å². The molecule has 6 atom stereocenters. The molecular weight excluding hydrogens is 1120 g/mol. The third-order valence-corrected chi connectivity index (χ3v) is 20.9. The fraction of sp³-hybridized carbons (Fsp3) is 0.542. The van der Waals surface area contributed by atoms with Gasteiger partial charge in [0, 0.05) is 22.7 Å². The van der Waals surface area contributed by atoms with Crippen molar-refractivity contribution in [3.8, 4) is 11.1 Å². The number of hydrogen-bond acceptors (Lipinski definition) is 0. The van der Waals surface area contributed by atoms with Crippen molar-refractivity contribution in [1.29, 1.82) is 0 Å². The summed E-state index contributed by atoms with van der Waals surface area (Å²) in [6.45, 7) is 40.5. The summed E-state index contributed by atoms with van der Waals surface area (Å²) in [6.07, 6.45) is 38.7. The number of hydrogen-bond donors (Lipinski definition) is 0. The number of fused-ring (bicyclic) bond motifs is 8. The molecule has 2 nitrogen and oxygen atoms in total. The van der Waals surface area contributed by atoms with E-state index in [9.17, 15) is 0 Å². The van der Waals surface area contributed by atoms with Crippen molar-refractivity contribution in [2.24, 2.45) is 52.3 Å². The first-order valence-corrected chi connectivity index (χ1v) is 32.9. The second kappa shape index (κ2) is 29.8. The van der Waals surface area contributed by atoms with Crippen molar-refractivity contribution < 1.29 is 26.2 Å². The van der Waals surface area contributed by atoms with Gasteiger partial charge in [0.2, 0.25) is 0 Å². The van der Waals surface area contributed by atoms with Crippen LogP contribution in [0, 0.1) is 67.1 Å². The molecule has 12 rings (SSSR count). The van der Waals surface area contributed by atoms with Crippen LogP contribution in [0.4, 0.5) is 0 Å². The molecule has 0 heterocycles. The quantitative estimate of drug-likeness (QED) is 0.157. The van der Waals surface area contributed by atoms with E-state index >= 15 is 0 Å². The van der Waals surface area contributed by atoms with Gasteiger partial charge in [-0.1, -0.05) is 277 Å². The van der Waals surface area contributed by atoms with E-state index in [1.54, 1.807) is 33.4 Å². The van der Waals surface area contributed by atoms with Crippen LogP contribution in [-0.4, -0.2) is 26.2 Å². The monoisotopic (exact) mass is 1230 g/mol. The third-order valence-electron chi connectivity index (χ3n) is 20.9. The molecule has 0 bridgehead atoms. The summed E-state index contributed by atoms with van der Waals surface area (Å²) in [5, 5.41) is 7.94. The van der Waals surface area contributed by atoms with E-state index < -0.39 is 0 Å². The van der Waals surface area contributed by atoms with E-state index in [0.717, 1.165) is 32.1 Å². The maximum absolute atomic E-state index is 3.97. The molecule has 8 aliphatic rings. The molecule has 6 unspecified atom stereocenters. The van der Waals surface area contributed by atoms with Gasteiger partial charge >= 0.3 is 26.2 Å².